The quantitative estimate of drug-likeness (QED) is 0.353. The normalized spacial score (nSPS) is 15.2. The summed E-state index contributed by atoms with van der Waals surface area (Å²) in [4.78, 5) is 51.4. The summed E-state index contributed by atoms with van der Waals surface area (Å²) in [5, 5.41) is 11.6. The highest BCUT2D eigenvalue weighted by Crippen LogP contribution is 2.26. The summed E-state index contributed by atoms with van der Waals surface area (Å²) in [5.74, 6) is -2.22. The molecule has 1 heterocycles. The molecular weight excluding hydrogens is 364 g/mol. The van der Waals surface area contributed by atoms with Gasteiger partial charge in [-0.25, -0.2) is 4.79 Å². The number of carbonyl (C=O) groups is 4. The first-order valence-electron chi connectivity index (χ1n) is 9.51. The number of unbranched alkanes of at least 4 members (excludes halogenated alkanes) is 1. The van der Waals surface area contributed by atoms with Crippen molar-refractivity contribution in [3.05, 3.63) is 35.4 Å². The summed E-state index contributed by atoms with van der Waals surface area (Å²) in [6.07, 6.45) is 1.38. The Hall–Kier alpha value is -2.74. The Bertz CT molecular complexity index is 713. The van der Waals surface area contributed by atoms with Gasteiger partial charge in [0, 0.05) is 6.61 Å². The van der Waals surface area contributed by atoms with Crippen molar-refractivity contribution in [2.75, 3.05) is 13.2 Å². The maximum atomic E-state index is 12.9. The first-order chi connectivity index (χ1) is 13.5. The van der Waals surface area contributed by atoms with Crippen molar-refractivity contribution in [3.63, 3.8) is 0 Å². The number of carbonyl (C=O) groups excluding carboxylic acids is 4. The van der Waals surface area contributed by atoms with Crippen molar-refractivity contribution >= 4 is 23.7 Å². The average Bonchev–Trinajstić information content (AvgIpc) is 2.94. The number of hydrogen-bond acceptors (Lipinski definition) is 6. The molecular formula is C20H26N2O6. The summed E-state index contributed by atoms with van der Waals surface area (Å²) in [5.41, 5.74) is 0.509. The lowest BCUT2D eigenvalue weighted by Gasteiger charge is -2.27. The minimum atomic E-state index is -1.07. The number of imide groups is 1. The van der Waals surface area contributed by atoms with E-state index in [9.17, 15) is 19.2 Å². The smallest absolute Gasteiger partial charge is 0.328 e. The highest BCUT2D eigenvalue weighted by atomic mass is 16.5. The fourth-order valence-corrected chi connectivity index (χ4v) is 3.16. The van der Waals surface area contributed by atoms with Crippen LogP contribution in [0.4, 0.5) is 0 Å². The van der Waals surface area contributed by atoms with Crippen LogP contribution in [0.5, 0.6) is 0 Å². The van der Waals surface area contributed by atoms with Crippen LogP contribution in [0.15, 0.2) is 24.3 Å². The number of aliphatic hydroxyl groups is 1. The van der Waals surface area contributed by atoms with Crippen molar-refractivity contribution in [2.24, 2.45) is 0 Å². The zero-order valence-corrected chi connectivity index (χ0v) is 16.1. The number of aliphatic hydroxyl groups excluding tert-OH is 1. The number of amides is 3. The highest BCUT2D eigenvalue weighted by Gasteiger charge is 2.42. The molecule has 8 nitrogen and oxygen atoms in total. The van der Waals surface area contributed by atoms with E-state index in [1.54, 1.807) is 38.1 Å². The van der Waals surface area contributed by atoms with Crippen LogP contribution in [0.2, 0.25) is 0 Å². The van der Waals surface area contributed by atoms with Crippen LogP contribution in [0.25, 0.3) is 0 Å². The maximum absolute atomic E-state index is 12.9. The topological polar surface area (TPSA) is 113 Å². The predicted octanol–water partition coefficient (Wildman–Crippen LogP) is 1.27. The van der Waals surface area contributed by atoms with Crippen LogP contribution in [0, 0.1) is 0 Å². The SMILES string of the molecule is CCOC(=O)[C@H](CC)NC(=O)[C@H](CCCCO)N1C(=O)c2ccccc2C1=O. The number of nitrogens with one attached hydrogen (secondary N) is 1. The molecule has 0 saturated heterocycles. The van der Waals surface area contributed by atoms with Gasteiger partial charge >= 0.3 is 5.97 Å². The molecule has 1 aliphatic heterocycles. The standard InChI is InChI=1S/C20H26N2O6/c1-3-15(20(27)28-4-2)21-17(24)16(11-7-8-12-23)22-18(25)13-9-5-6-10-14(13)19(22)26/h5-6,9-10,15-16,23H,3-4,7-8,11-12H2,1-2H3,(H,21,24)/t15-,16-/m0/s1. The van der Waals surface area contributed by atoms with E-state index in [2.05, 4.69) is 5.32 Å². The van der Waals surface area contributed by atoms with E-state index in [1.807, 2.05) is 0 Å². The predicted molar refractivity (Wildman–Crippen MR) is 101 cm³/mol. The van der Waals surface area contributed by atoms with Crippen LogP contribution in [0.3, 0.4) is 0 Å². The van der Waals surface area contributed by atoms with E-state index in [0.29, 0.717) is 19.3 Å². The van der Waals surface area contributed by atoms with Gasteiger partial charge in [0.05, 0.1) is 17.7 Å². The summed E-state index contributed by atoms with van der Waals surface area (Å²) in [6.45, 7) is 3.52. The van der Waals surface area contributed by atoms with Gasteiger partial charge in [0.1, 0.15) is 12.1 Å². The second-order valence-electron chi connectivity index (χ2n) is 6.48. The molecule has 0 radical (unpaired) electrons. The van der Waals surface area contributed by atoms with E-state index in [4.69, 9.17) is 9.84 Å². The zero-order chi connectivity index (χ0) is 20.7. The van der Waals surface area contributed by atoms with E-state index >= 15 is 0 Å². The Morgan fingerprint density at radius 1 is 1.11 bits per heavy atom. The average molecular weight is 390 g/mol. The number of esters is 1. The summed E-state index contributed by atoms with van der Waals surface area (Å²) >= 11 is 0. The Morgan fingerprint density at radius 3 is 2.21 bits per heavy atom. The molecule has 28 heavy (non-hydrogen) atoms. The third kappa shape index (κ3) is 4.56. The molecule has 0 unspecified atom stereocenters. The Kier molecular flexibility index (Phi) is 7.69. The van der Waals surface area contributed by atoms with Gasteiger partial charge in [-0.05, 0) is 44.7 Å². The lowest BCUT2D eigenvalue weighted by Crippen LogP contribution is -2.53. The fourth-order valence-electron chi connectivity index (χ4n) is 3.16. The number of benzene rings is 1. The second kappa shape index (κ2) is 9.98. The fraction of sp³-hybridized carbons (Fsp3) is 0.500. The number of rotatable bonds is 10. The molecule has 1 aromatic rings. The molecule has 8 heteroatoms. The van der Waals surface area contributed by atoms with Gasteiger partial charge in [-0.3, -0.25) is 19.3 Å². The van der Waals surface area contributed by atoms with Crippen LogP contribution in [0.1, 0.15) is 60.2 Å². The van der Waals surface area contributed by atoms with Crippen molar-refractivity contribution in [2.45, 2.75) is 51.6 Å². The van der Waals surface area contributed by atoms with Gasteiger partial charge in [0.15, 0.2) is 0 Å². The first kappa shape index (κ1) is 21.6. The highest BCUT2D eigenvalue weighted by molar-refractivity contribution is 6.22. The third-order valence-corrected chi connectivity index (χ3v) is 4.62. The lowest BCUT2D eigenvalue weighted by atomic mass is 10.1. The second-order valence-corrected chi connectivity index (χ2v) is 6.48. The molecule has 0 bridgehead atoms. The molecule has 0 fully saturated rings. The van der Waals surface area contributed by atoms with Gasteiger partial charge in [-0.2, -0.15) is 0 Å². The van der Waals surface area contributed by atoms with Gasteiger partial charge in [-0.1, -0.05) is 19.1 Å². The van der Waals surface area contributed by atoms with Gasteiger partial charge in [-0.15, -0.1) is 0 Å². The lowest BCUT2D eigenvalue weighted by molar-refractivity contribution is -0.147. The number of hydrogen-bond donors (Lipinski definition) is 2. The molecule has 2 rings (SSSR count). The summed E-state index contributed by atoms with van der Waals surface area (Å²) in [7, 11) is 0. The summed E-state index contributed by atoms with van der Waals surface area (Å²) in [6, 6.07) is 4.48. The Balaban J connectivity index is 2.24. The molecule has 152 valence electrons. The van der Waals surface area contributed by atoms with E-state index in [-0.39, 0.29) is 30.8 Å². The Labute approximate surface area is 163 Å². The maximum Gasteiger partial charge on any atom is 0.328 e. The molecule has 1 aliphatic rings. The molecule has 0 aromatic heterocycles. The Morgan fingerprint density at radius 2 is 1.71 bits per heavy atom. The van der Waals surface area contributed by atoms with E-state index < -0.39 is 35.8 Å². The number of ether oxygens (including phenoxy) is 1. The van der Waals surface area contributed by atoms with Gasteiger partial charge in [0.25, 0.3) is 11.8 Å². The molecule has 0 spiro atoms. The summed E-state index contributed by atoms with van der Waals surface area (Å²) < 4.78 is 4.96. The minimum absolute atomic E-state index is 0.0587. The van der Waals surface area contributed by atoms with Crippen LogP contribution >= 0.6 is 0 Å². The molecule has 0 aliphatic carbocycles. The monoisotopic (exact) mass is 390 g/mol. The largest absolute Gasteiger partial charge is 0.464 e. The van der Waals surface area contributed by atoms with Crippen LogP contribution < -0.4 is 5.32 Å². The van der Waals surface area contributed by atoms with Gasteiger partial charge < -0.3 is 15.2 Å². The molecule has 2 atom stereocenters. The number of nitrogens with zero attached hydrogens (tertiary/aromatic N) is 1. The first-order valence-corrected chi connectivity index (χ1v) is 9.51. The van der Waals surface area contributed by atoms with Crippen molar-refractivity contribution in [1.82, 2.24) is 10.2 Å². The van der Waals surface area contributed by atoms with Gasteiger partial charge in [0.2, 0.25) is 5.91 Å². The number of fused-ring (bicyclic) bond motifs is 1. The van der Waals surface area contributed by atoms with Crippen LogP contribution in [-0.4, -0.2) is 59.0 Å². The van der Waals surface area contributed by atoms with Crippen molar-refractivity contribution in [1.29, 1.82) is 0 Å². The molecule has 3 amide bonds. The minimum Gasteiger partial charge on any atom is -0.464 e. The van der Waals surface area contributed by atoms with Crippen molar-refractivity contribution in [3.8, 4) is 0 Å². The van der Waals surface area contributed by atoms with Crippen LogP contribution in [-0.2, 0) is 14.3 Å². The van der Waals surface area contributed by atoms with E-state index in [1.165, 1.54) is 0 Å². The van der Waals surface area contributed by atoms with Crippen molar-refractivity contribution < 1.29 is 29.0 Å². The zero-order valence-electron chi connectivity index (χ0n) is 16.1. The van der Waals surface area contributed by atoms with E-state index in [0.717, 1.165) is 4.90 Å². The molecule has 1 aromatic carbocycles. The molecule has 0 saturated carbocycles. The molecule has 2 N–H and O–H groups in total. The third-order valence-electron chi connectivity index (χ3n) is 4.62.